The normalized spacial score (nSPS) is 12.8. The summed E-state index contributed by atoms with van der Waals surface area (Å²) in [5, 5.41) is 2.91. The van der Waals surface area contributed by atoms with Crippen LogP contribution in [0.5, 0.6) is 0 Å². The Balaban J connectivity index is 2.45. The van der Waals surface area contributed by atoms with E-state index in [9.17, 15) is 4.79 Å². The molecule has 1 atom stereocenters. The zero-order valence-electron chi connectivity index (χ0n) is 11.6. The van der Waals surface area contributed by atoms with Crippen molar-refractivity contribution in [3.8, 4) is 0 Å². The van der Waals surface area contributed by atoms with Crippen LogP contribution in [0.4, 0.5) is 0 Å². The molecular weight excluding hydrogens is 228 g/mol. The molecule has 0 unspecified atom stereocenters. The molecule has 0 aliphatic carbocycles. The molecule has 0 saturated heterocycles. The van der Waals surface area contributed by atoms with E-state index in [1.807, 2.05) is 24.9 Å². The largest absolute Gasteiger partial charge is 0.355 e. The quantitative estimate of drug-likeness (QED) is 0.825. The lowest BCUT2D eigenvalue weighted by molar-refractivity contribution is -0.122. The Labute approximate surface area is 109 Å². The number of nitrogens with one attached hydrogen (secondary N) is 1. The topological polar surface area (TPSA) is 58.1 Å². The number of carbonyl (C=O) groups is 1. The van der Waals surface area contributed by atoms with Crippen molar-refractivity contribution >= 4 is 5.91 Å². The third kappa shape index (κ3) is 4.79. The Bertz CT molecular complexity index is 367. The van der Waals surface area contributed by atoms with Crippen molar-refractivity contribution in [2.45, 2.75) is 26.8 Å². The van der Waals surface area contributed by atoms with Crippen molar-refractivity contribution < 1.29 is 4.79 Å². The van der Waals surface area contributed by atoms with Gasteiger partial charge < -0.3 is 5.32 Å². The molecule has 0 fully saturated rings. The van der Waals surface area contributed by atoms with Crippen LogP contribution in [0.1, 0.15) is 32.5 Å². The van der Waals surface area contributed by atoms with E-state index in [2.05, 4.69) is 29.1 Å². The molecule has 0 aliphatic heterocycles. The van der Waals surface area contributed by atoms with E-state index in [1.54, 1.807) is 6.20 Å². The lowest BCUT2D eigenvalue weighted by Gasteiger charge is -2.23. The minimum atomic E-state index is 0.0482. The van der Waals surface area contributed by atoms with Gasteiger partial charge in [0, 0.05) is 18.8 Å². The second-order valence-corrected chi connectivity index (χ2v) is 4.92. The van der Waals surface area contributed by atoms with Crippen LogP contribution in [0.15, 0.2) is 18.6 Å². The fraction of sp³-hybridized carbons (Fsp3) is 0.615. The first-order valence-corrected chi connectivity index (χ1v) is 6.23. The highest BCUT2D eigenvalue weighted by Crippen LogP contribution is 2.14. The van der Waals surface area contributed by atoms with E-state index in [-0.39, 0.29) is 11.9 Å². The second kappa shape index (κ2) is 7.06. The summed E-state index contributed by atoms with van der Waals surface area (Å²) >= 11 is 0. The summed E-state index contributed by atoms with van der Waals surface area (Å²) < 4.78 is 0. The maximum Gasteiger partial charge on any atom is 0.234 e. The lowest BCUT2D eigenvalue weighted by atomic mass is 10.2. The zero-order chi connectivity index (χ0) is 13.5. The maximum absolute atomic E-state index is 11.7. The minimum Gasteiger partial charge on any atom is -0.355 e. The van der Waals surface area contributed by atoms with E-state index in [4.69, 9.17) is 0 Å². The van der Waals surface area contributed by atoms with Crippen molar-refractivity contribution in [2.75, 3.05) is 20.1 Å². The number of rotatable bonds is 6. The Morgan fingerprint density at radius 3 is 2.72 bits per heavy atom. The van der Waals surface area contributed by atoms with Crippen molar-refractivity contribution in [1.82, 2.24) is 20.2 Å². The Morgan fingerprint density at radius 1 is 1.44 bits per heavy atom. The summed E-state index contributed by atoms with van der Waals surface area (Å²) in [4.78, 5) is 21.8. The molecule has 1 rings (SSSR count). The number of hydrogen-bond donors (Lipinski definition) is 1. The van der Waals surface area contributed by atoms with Crippen LogP contribution in [-0.4, -0.2) is 40.9 Å². The number of likely N-dealkylation sites (N-methyl/N-ethyl adjacent to an activating group) is 1. The number of aromatic nitrogens is 2. The molecule has 0 radical (unpaired) electrons. The van der Waals surface area contributed by atoms with Crippen molar-refractivity contribution in [3.05, 3.63) is 24.3 Å². The van der Waals surface area contributed by atoms with Gasteiger partial charge in [0.2, 0.25) is 5.91 Å². The summed E-state index contributed by atoms with van der Waals surface area (Å²) in [5.74, 6) is 0.519. The van der Waals surface area contributed by atoms with Gasteiger partial charge in [-0.3, -0.25) is 9.69 Å². The monoisotopic (exact) mass is 250 g/mol. The fourth-order valence-electron chi connectivity index (χ4n) is 1.51. The van der Waals surface area contributed by atoms with E-state index >= 15 is 0 Å². The first kappa shape index (κ1) is 14.6. The van der Waals surface area contributed by atoms with Gasteiger partial charge in [-0.05, 0) is 26.0 Å². The molecule has 0 bridgehead atoms. The molecule has 1 N–H and O–H groups in total. The molecule has 18 heavy (non-hydrogen) atoms. The van der Waals surface area contributed by atoms with Crippen LogP contribution in [0.2, 0.25) is 0 Å². The Kier molecular flexibility index (Phi) is 5.71. The zero-order valence-corrected chi connectivity index (χ0v) is 11.6. The molecule has 1 heterocycles. The van der Waals surface area contributed by atoms with E-state index in [1.165, 1.54) is 6.33 Å². The highest BCUT2D eigenvalue weighted by molar-refractivity contribution is 5.78. The smallest absolute Gasteiger partial charge is 0.234 e. The van der Waals surface area contributed by atoms with Gasteiger partial charge in [-0.25, -0.2) is 9.97 Å². The summed E-state index contributed by atoms with van der Waals surface area (Å²) in [6.07, 6.45) is 3.24. The van der Waals surface area contributed by atoms with Crippen LogP contribution in [0.3, 0.4) is 0 Å². The summed E-state index contributed by atoms with van der Waals surface area (Å²) in [6, 6.07) is 1.96. The van der Waals surface area contributed by atoms with Crippen LogP contribution in [-0.2, 0) is 4.79 Å². The maximum atomic E-state index is 11.7. The third-order valence-corrected chi connectivity index (χ3v) is 2.79. The number of hydrogen-bond acceptors (Lipinski definition) is 4. The molecule has 0 aliphatic rings. The van der Waals surface area contributed by atoms with Crippen LogP contribution in [0.25, 0.3) is 0 Å². The highest BCUT2D eigenvalue weighted by atomic mass is 16.2. The Morgan fingerprint density at radius 2 is 2.17 bits per heavy atom. The van der Waals surface area contributed by atoms with Crippen molar-refractivity contribution in [1.29, 1.82) is 0 Å². The van der Waals surface area contributed by atoms with Crippen LogP contribution < -0.4 is 5.32 Å². The lowest BCUT2D eigenvalue weighted by Crippen LogP contribution is -2.38. The number of amides is 1. The van der Waals surface area contributed by atoms with Crippen molar-refractivity contribution in [3.63, 3.8) is 0 Å². The van der Waals surface area contributed by atoms with Gasteiger partial charge >= 0.3 is 0 Å². The van der Waals surface area contributed by atoms with Crippen LogP contribution >= 0.6 is 0 Å². The average molecular weight is 250 g/mol. The first-order valence-electron chi connectivity index (χ1n) is 6.23. The molecule has 1 aromatic heterocycles. The minimum absolute atomic E-state index is 0.0482. The van der Waals surface area contributed by atoms with Crippen molar-refractivity contribution in [2.24, 2.45) is 5.92 Å². The highest BCUT2D eigenvalue weighted by Gasteiger charge is 2.15. The molecule has 1 aromatic rings. The average Bonchev–Trinajstić information content (AvgIpc) is 2.36. The Hall–Kier alpha value is -1.49. The predicted octanol–water partition coefficient (Wildman–Crippen LogP) is 1.24. The van der Waals surface area contributed by atoms with Gasteiger partial charge in [-0.15, -0.1) is 0 Å². The van der Waals surface area contributed by atoms with Gasteiger partial charge in [0.15, 0.2) is 0 Å². The van der Waals surface area contributed by atoms with Crippen LogP contribution in [0, 0.1) is 5.92 Å². The number of nitrogens with zero attached hydrogens (tertiary/aromatic N) is 3. The first-order chi connectivity index (χ1) is 8.50. The summed E-state index contributed by atoms with van der Waals surface area (Å²) in [6.45, 7) is 7.27. The summed E-state index contributed by atoms with van der Waals surface area (Å²) in [5.41, 5.74) is 0.921. The molecule has 100 valence electrons. The predicted molar refractivity (Wildman–Crippen MR) is 70.9 cm³/mol. The fourth-order valence-corrected chi connectivity index (χ4v) is 1.51. The molecular formula is C13H22N4O. The van der Waals surface area contributed by atoms with Gasteiger partial charge in [-0.1, -0.05) is 13.8 Å². The molecule has 0 spiro atoms. The molecule has 5 heteroatoms. The molecule has 5 nitrogen and oxygen atoms in total. The molecule has 1 amide bonds. The van der Waals surface area contributed by atoms with E-state index in [0.29, 0.717) is 19.0 Å². The van der Waals surface area contributed by atoms with Gasteiger partial charge in [-0.2, -0.15) is 0 Å². The van der Waals surface area contributed by atoms with Gasteiger partial charge in [0.1, 0.15) is 6.33 Å². The second-order valence-electron chi connectivity index (χ2n) is 4.92. The van der Waals surface area contributed by atoms with Gasteiger partial charge in [0.05, 0.1) is 12.2 Å². The molecule has 0 aromatic carbocycles. The third-order valence-electron chi connectivity index (χ3n) is 2.79. The standard InChI is InChI=1S/C13H22N4O/c1-10(2)7-15-13(18)8-17(4)11(3)12-5-6-14-9-16-12/h5-6,9-11H,7-8H2,1-4H3,(H,15,18)/t11-/m1/s1. The number of carbonyl (C=O) groups excluding carboxylic acids is 1. The van der Waals surface area contributed by atoms with Gasteiger partial charge in [0.25, 0.3) is 0 Å². The SMILES string of the molecule is CC(C)CNC(=O)CN(C)[C@H](C)c1ccncn1. The molecule has 0 saturated carbocycles. The van der Waals surface area contributed by atoms with E-state index in [0.717, 1.165) is 5.69 Å². The summed E-state index contributed by atoms with van der Waals surface area (Å²) in [7, 11) is 1.92. The van der Waals surface area contributed by atoms with E-state index < -0.39 is 0 Å².